The third-order valence-corrected chi connectivity index (χ3v) is 4.15. The standard InChI is InChI=1S/C19H16N6O/c1-11-3-8-17-14(9-11)10-16(12(2)20-17)19(26)21-15-6-4-13(5-7-15)18-22-24-25-23-18/h3-10H,1-2H3,(H,21,26)(H,22,23,24,25). The summed E-state index contributed by atoms with van der Waals surface area (Å²) in [5.74, 6) is 0.318. The number of aromatic amines is 1. The lowest BCUT2D eigenvalue weighted by Gasteiger charge is -2.09. The highest BCUT2D eigenvalue weighted by atomic mass is 16.1. The van der Waals surface area contributed by atoms with Gasteiger partial charge in [0, 0.05) is 16.6 Å². The summed E-state index contributed by atoms with van der Waals surface area (Å²) in [5.41, 5.74) is 4.77. The molecule has 0 radical (unpaired) electrons. The molecule has 2 heterocycles. The average Bonchev–Trinajstić information content (AvgIpc) is 3.17. The van der Waals surface area contributed by atoms with Gasteiger partial charge in [0.25, 0.3) is 5.91 Å². The highest BCUT2D eigenvalue weighted by Gasteiger charge is 2.12. The third kappa shape index (κ3) is 3.02. The van der Waals surface area contributed by atoms with E-state index in [2.05, 4.69) is 30.9 Å². The number of fused-ring (bicyclic) bond motifs is 1. The van der Waals surface area contributed by atoms with Crippen LogP contribution in [0.25, 0.3) is 22.3 Å². The fraction of sp³-hybridized carbons (Fsp3) is 0.105. The normalized spacial score (nSPS) is 10.8. The Morgan fingerprint density at radius 1 is 1.04 bits per heavy atom. The van der Waals surface area contributed by atoms with Gasteiger partial charge in [0.15, 0.2) is 0 Å². The predicted molar refractivity (Wildman–Crippen MR) is 98.8 cm³/mol. The quantitative estimate of drug-likeness (QED) is 0.594. The fourth-order valence-corrected chi connectivity index (χ4v) is 2.81. The molecule has 128 valence electrons. The maximum atomic E-state index is 12.7. The lowest BCUT2D eigenvalue weighted by molar-refractivity contribution is 0.102. The van der Waals surface area contributed by atoms with Crippen molar-refractivity contribution in [1.29, 1.82) is 0 Å². The van der Waals surface area contributed by atoms with Crippen molar-refractivity contribution in [3.05, 3.63) is 65.4 Å². The van der Waals surface area contributed by atoms with Gasteiger partial charge in [-0.2, -0.15) is 5.21 Å². The van der Waals surface area contributed by atoms with Crippen LogP contribution >= 0.6 is 0 Å². The zero-order chi connectivity index (χ0) is 18.1. The number of benzene rings is 2. The van der Waals surface area contributed by atoms with Gasteiger partial charge in [-0.1, -0.05) is 11.6 Å². The molecule has 4 aromatic rings. The molecule has 0 saturated heterocycles. The van der Waals surface area contributed by atoms with E-state index in [4.69, 9.17) is 0 Å². The molecule has 2 aromatic carbocycles. The highest BCUT2D eigenvalue weighted by Crippen LogP contribution is 2.21. The molecule has 0 bridgehead atoms. The molecular formula is C19H16N6O. The number of H-pyrrole nitrogens is 1. The van der Waals surface area contributed by atoms with Crippen LogP contribution in [0.4, 0.5) is 5.69 Å². The van der Waals surface area contributed by atoms with E-state index in [1.165, 1.54) is 0 Å². The predicted octanol–water partition coefficient (Wildman–Crippen LogP) is 3.28. The summed E-state index contributed by atoms with van der Waals surface area (Å²) < 4.78 is 0. The van der Waals surface area contributed by atoms with E-state index in [1.807, 2.05) is 50.2 Å². The van der Waals surface area contributed by atoms with Crippen molar-refractivity contribution >= 4 is 22.5 Å². The van der Waals surface area contributed by atoms with Crippen molar-refractivity contribution in [1.82, 2.24) is 25.6 Å². The van der Waals surface area contributed by atoms with Crippen molar-refractivity contribution < 1.29 is 4.79 Å². The Hall–Kier alpha value is -3.61. The molecule has 1 amide bonds. The maximum absolute atomic E-state index is 12.7. The highest BCUT2D eigenvalue weighted by molar-refractivity contribution is 6.06. The van der Waals surface area contributed by atoms with E-state index in [0.717, 1.165) is 22.0 Å². The molecule has 0 atom stereocenters. The number of aromatic nitrogens is 5. The number of hydrogen-bond donors (Lipinski definition) is 2. The smallest absolute Gasteiger partial charge is 0.257 e. The van der Waals surface area contributed by atoms with Crippen LogP contribution in [0.15, 0.2) is 48.5 Å². The van der Waals surface area contributed by atoms with E-state index in [1.54, 1.807) is 12.1 Å². The molecule has 0 aliphatic heterocycles. The molecule has 0 fully saturated rings. The summed E-state index contributed by atoms with van der Waals surface area (Å²) in [6.45, 7) is 3.86. The largest absolute Gasteiger partial charge is 0.322 e. The first-order valence-corrected chi connectivity index (χ1v) is 8.13. The Morgan fingerprint density at radius 2 is 1.85 bits per heavy atom. The van der Waals surface area contributed by atoms with Crippen LogP contribution in [-0.4, -0.2) is 31.5 Å². The molecule has 4 rings (SSSR count). The number of pyridine rings is 1. The lowest BCUT2D eigenvalue weighted by atomic mass is 10.1. The summed E-state index contributed by atoms with van der Waals surface area (Å²) >= 11 is 0. The number of nitrogens with one attached hydrogen (secondary N) is 2. The van der Waals surface area contributed by atoms with Gasteiger partial charge < -0.3 is 5.32 Å². The molecule has 0 aliphatic rings. The van der Waals surface area contributed by atoms with E-state index >= 15 is 0 Å². The number of carbonyl (C=O) groups is 1. The van der Waals surface area contributed by atoms with Crippen LogP contribution < -0.4 is 5.32 Å². The molecule has 2 N–H and O–H groups in total. The second-order valence-electron chi connectivity index (χ2n) is 6.08. The minimum Gasteiger partial charge on any atom is -0.322 e. The Kier molecular flexibility index (Phi) is 3.89. The zero-order valence-electron chi connectivity index (χ0n) is 14.3. The summed E-state index contributed by atoms with van der Waals surface area (Å²) in [6.07, 6.45) is 0. The Morgan fingerprint density at radius 3 is 2.58 bits per heavy atom. The number of hydrogen-bond acceptors (Lipinski definition) is 5. The maximum Gasteiger partial charge on any atom is 0.257 e. The van der Waals surface area contributed by atoms with Crippen molar-refractivity contribution in [3.8, 4) is 11.4 Å². The van der Waals surface area contributed by atoms with E-state index in [9.17, 15) is 4.79 Å². The summed E-state index contributed by atoms with van der Waals surface area (Å²) in [4.78, 5) is 17.2. The molecule has 26 heavy (non-hydrogen) atoms. The summed E-state index contributed by atoms with van der Waals surface area (Å²) in [7, 11) is 0. The summed E-state index contributed by atoms with van der Waals surface area (Å²) in [5, 5.41) is 17.7. The number of rotatable bonds is 3. The first-order chi connectivity index (χ1) is 12.6. The van der Waals surface area contributed by atoms with Crippen LogP contribution in [0.5, 0.6) is 0 Å². The number of carbonyl (C=O) groups excluding carboxylic acids is 1. The van der Waals surface area contributed by atoms with Gasteiger partial charge in [-0.05, 0) is 61.5 Å². The van der Waals surface area contributed by atoms with Crippen molar-refractivity contribution in [2.45, 2.75) is 13.8 Å². The minimum absolute atomic E-state index is 0.189. The molecule has 0 unspecified atom stereocenters. The van der Waals surface area contributed by atoms with Crippen LogP contribution in [0.1, 0.15) is 21.6 Å². The first-order valence-electron chi connectivity index (χ1n) is 8.13. The molecule has 2 aromatic heterocycles. The molecule has 7 heteroatoms. The number of aryl methyl sites for hydroxylation is 2. The van der Waals surface area contributed by atoms with Crippen LogP contribution in [-0.2, 0) is 0 Å². The number of amides is 1. The van der Waals surface area contributed by atoms with Gasteiger partial charge in [-0.15, -0.1) is 10.2 Å². The molecule has 0 aliphatic carbocycles. The average molecular weight is 344 g/mol. The lowest BCUT2D eigenvalue weighted by Crippen LogP contribution is -2.14. The number of anilines is 1. The number of tetrazole rings is 1. The number of nitrogens with zero attached hydrogens (tertiary/aromatic N) is 4. The van der Waals surface area contributed by atoms with Gasteiger partial charge in [0.05, 0.1) is 16.8 Å². The first kappa shape index (κ1) is 15.9. The molecular weight excluding hydrogens is 328 g/mol. The van der Waals surface area contributed by atoms with Crippen LogP contribution in [0.3, 0.4) is 0 Å². The fourth-order valence-electron chi connectivity index (χ4n) is 2.81. The second-order valence-corrected chi connectivity index (χ2v) is 6.08. The van der Waals surface area contributed by atoms with Gasteiger partial charge in [0.2, 0.25) is 5.82 Å². The van der Waals surface area contributed by atoms with E-state index in [-0.39, 0.29) is 5.91 Å². The SMILES string of the molecule is Cc1ccc2nc(C)c(C(=O)Nc3ccc(-c4nn[nH]n4)cc3)cc2c1. The minimum atomic E-state index is -0.189. The molecule has 0 spiro atoms. The van der Waals surface area contributed by atoms with Gasteiger partial charge in [-0.3, -0.25) is 9.78 Å². The Bertz CT molecular complexity index is 1090. The monoisotopic (exact) mass is 344 g/mol. The third-order valence-electron chi connectivity index (χ3n) is 4.15. The van der Waals surface area contributed by atoms with Crippen molar-refractivity contribution in [2.75, 3.05) is 5.32 Å². The van der Waals surface area contributed by atoms with Crippen molar-refractivity contribution in [3.63, 3.8) is 0 Å². The van der Waals surface area contributed by atoms with Crippen LogP contribution in [0.2, 0.25) is 0 Å². The molecule has 0 saturated carbocycles. The second kappa shape index (κ2) is 6.36. The van der Waals surface area contributed by atoms with Gasteiger partial charge >= 0.3 is 0 Å². The van der Waals surface area contributed by atoms with E-state index < -0.39 is 0 Å². The zero-order valence-corrected chi connectivity index (χ0v) is 14.3. The van der Waals surface area contributed by atoms with E-state index in [0.29, 0.717) is 22.8 Å². The summed E-state index contributed by atoms with van der Waals surface area (Å²) in [6, 6.07) is 15.2. The molecule has 7 nitrogen and oxygen atoms in total. The van der Waals surface area contributed by atoms with Crippen molar-refractivity contribution in [2.24, 2.45) is 0 Å². The van der Waals surface area contributed by atoms with Gasteiger partial charge in [0.1, 0.15) is 0 Å². The Balaban J connectivity index is 1.60. The Labute approximate surface area is 149 Å². The van der Waals surface area contributed by atoms with Crippen LogP contribution in [0, 0.1) is 13.8 Å². The topological polar surface area (TPSA) is 96.5 Å². The van der Waals surface area contributed by atoms with Gasteiger partial charge in [-0.25, -0.2) is 0 Å².